The van der Waals surface area contributed by atoms with Crippen LogP contribution < -0.4 is 5.32 Å². The van der Waals surface area contributed by atoms with Gasteiger partial charge in [0.1, 0.15) is 6.20 Å². The molecule has 0 radical (unpaired) electrons. The molecule has 0 unspecified atom stereocenters. The molecule has 1 N–H and O–H groups in total. The molecule has 0 spiro atoms. The van der Waals surface area contributed by atoms with E-state index in [-0.39, 0.29) is 27.2 Å². The number of nitro benzene ring substituents is 1. The minimum Gasteiger partial charge on any atom is -0.298 e. The van der Waals surface area contributed by atoms with Crippen molar-refractivity contribution in [3.05, 3.63) is 97.7 Å². The molecule has 0 saturated carbocycles. The molecule has 0 bridgehead atoms. The molecule has 0 fully saturated rings. The van der Waals surface area contributed by atoms with Crippen LogP contribution >= 0.6 is 11.3 Å². The van der Waals surface area contributed by atoms with E-state index in [1.807, 2.05) is 0 Å². The predicted molar refractivity (Wildman–Crippen MR) is 110 cm³/mol. The summed E-state index contributed by atoms with van der Waals surface area (Å²) in [5.74, 6) is -0.824. The van der Waals surface area contributed by atoms with Crippen molar-refractivity contribution in [3.8, 4) is 0 Å². The summed E-state index contributed by atoms with van der Waals surface area (Å²) >= 11 is 0.736. The van der Waals surface area contributed by atoms with E-state index < -0.39 is 15.8 Å². The Morgan fingerprint density at radius 2 is 1.57 bits per heavy atom. The summed E-state index contributed by atoms with van der Waals surface area (Å²) in [6, 6.07) is 11.6. The Balaban J connectivity index is 1.63. The van der Waals surface area contributed by atoms with Crippen molar-refractivity contribution in [1.29, 1.82) is 0 Å². The summed E-state index contributed by atoms with van der Waals surface area (Å²) in [6.07, 6.45) is 3.91. The van der Waals surface area contributed by atoms with Gasteiger partial charge in [-0.1, -0.05) is 18.2 Å². The number of thiazole rings is 1. The summed E-state index contributed by atoms with van der Waals surface area (Å²) in [5.41, 5.74) is 1.18. The number of allylic oxidation sites excluding steroid dienone is 1. The third-order valence-electron chi connectivity index (χ3n) is 3.86. The Hall–Kier alpha value is -4.25. The van der Waals surface area contributed by atoms with Gasteiger partial charge in [-0.05, 0) is 47.2 Å². The number of carbonyl (C=O) groups is 2. The average molecular weight is 424 g/mol. The first-order valence-electron chi connectivity index (χ1n) is 8.32. The van der Waals surface area contributed by atoms with Crippen molar-refractivity contribution in [3.63, 3.8) is 0 Å². The highest BCUT2D eigenvalue weighted by Gasteiger charge is 2.14. The van der Waals surface area contributed by atoms with Crippen molar-refractivity contribution in [2.75, 3.05) is 5.32 Å². The average Bonchev–Trinajstić information content (AvgIpc) is 3.21. The van der Waals surface area contributed by atoms with E-state index in [1.165, 1.54) is 60.7 Å². The molecule has 0 aliphatic rings. The second kappa shape index (κ2) is 8.84. The first-order chi connectivity index (χ1) is 14.3. The fourth-order valence-electron chi connectivity index (χ4n) is 2.34. The van der Waals surface area contributed by atoms with Crippen LogP contribution in [0.25, 0.3) is 6.08 Å². The number of amides is 1. The molecule has 11 heteroatoms. The van der Waals surface area contributed by atoms with Gasteiger partial charge in [0.25, 0.3) is 11.6 Å². The highest BCUT2D eigenvalue weighted by Crippen LogP contribution is 2.25. The first-order valence-corrected chi connectivity index (χ1v) is 9.13. The van der Waals surface area contributed by atoms with E-state index in [2.05, 4.69) is 10.3 Å². The number of non-ortho nitro benzene ring substituents is 1. The van der Waals surface area contributed by atoms with Gasteiger partial charge in [-0.25, -0.2) is 4.98 Å². The minimum atomic E-state index is -0.599. The number of hydrogen-bond donors (Lipinski definition) is 1. The molecule has 1 heterocycles. The second-order valence-corrected chi connectivity index (χ2v) is 6.85. The fraction of sp³-hybridized carbons (Fsp3) is 0. The number of carbonyl (C=O) groups excluding carboxylic acids is 2. The highest BCUT2D eigenvalue weighted by molar-refractivity contribution is 7.18. The van der Waals surface area contributed by atoms with Crippen LogP contribution in [0.4, 0.5) is 15.8 Å². The van der Waals surface area contributed by atoms with Gasteiger partial charge in [0, 0.05) is 23.3 Å². The van der Waals surface area contributed by atoms with Crippen LogP contribution in [0.2, 0.25) is 0 Å². The minimum absolute atomic E-state index is 0.0419. The normalized spacial score (nSPS) is 10.7. The summed E-state index contributed by atoms with van der Waals surface area (Å²) in [4.78, 5) is 48.4. The topological polar surface area (TPSA) is 145 Å². The maximum Gasteiger partial charge on any atom is 0.345 e. The Labute approximate surface area is 172 Å². The Morgan fingerprint density at radius 1 is 0.933 bits per heavy atom. The third kappa shape index (κ3) is 4.97. The summed E-state index contributed by atoms with van der Waals surface area (Å²) in [6.45, 7) is 0. The van der Waals surface area contributed by atoms with Crippen molar-refractivity contribution < 1.29 is 19.4 Å². The molecule has 0 atom stereocenters. The zero-order chi connectivity index (χ0) is 21.7. The molecule has 1 amide bonds. The lowest BCUT2D eigenvalue weighted by Crippen LogP contribution is -2.11. The summed E-state index contributed by atoms with van der Waals surface area (Å²) in [7, 11) is 0. The monoisotopic (exact) mass is 424 g/mol. The van der Waals surface area contributed by atoms with Gasteiger partial charge in [-0.3, -0.25) is 35.1 Å². The molecule has 30 heavy (non-hydrogen) atoms. The van der Waals surface area contributed by atoms with E-state index in [0.29, 0.717) is 11.1 Å². The van der Waals surface area contributed by atoms with Crippen molar-refractivity contribution >= 4 is 44.9 Å². The number of ketones is 1. The molecular weight excluding hydrogens is 412 g/mol. The lowest BCUT2D eigenvalue weighted by Gasteiger charge is -2.02. The van der Waals surface area contributed by atoms with Gasteiger partial charge in [-0.2, -0.15) is 0 Å². The van der Waals surface area contributed by atoms with Gasteiger partial charge in [0.05, 0.1) is 9.85 Å². The van der Waals surface area contributed by atoms with E-state index in [1.54, 1.807) is 0 Å². The summed E-state index contributed by atoms with van der Waals surface area (Å²) < 4.78 is 0. The third-order valence-corrected chi connectivity index (χ3v) is 4.72. The number of aromatic nitrogens is 1. The predicted octanol–water partition coefficient (Wildman–Crippen LogP) is 4.11. The van der Waals surface area contributed by atoms with Gasteiger partial charge in [-0.15, -0.1) is 0 Å². The van der Waals surface area contributed by atoms with Crippen molar-refractivity contribution in [2.45, 2.75) is 0 Å². The SMILES string of the molecule is O=C(/C=C/c1ccc([N+](=O)[O-])cc1)c1ccc(C(=O)Nc2ncc([N+](=O)[O-])s2)cc1. The number of hydrogen-bond acceptors (Lipinski definition) is 8. The smallest absolute Gasteiger partial charge is 0.298 e. The van der Waals surface area contributed by atoms with Crippen LogP contribution in [-0.4, -0.2) is 26.5 Å². The van der Waals surface area contributed by atoms with Crippen LogP contribution in [0, 0.1) is 20.2 Å². The Bertz CT molecular complexity index is 1150. The molecule has 2 aromatic carbocycles. The summed E-state index contributed by atoms with van der Waals surface area (Å²) in [5, 5.41) is 23.7. The van der Waals surface area contributed by atoms with Crippen LogP contribution in [0.3, 0.4) is 0 Å². The zero-order valence-corrected chi connectivity index (χ0v) is 15.9. The van der Waals surface area contributed by atoms with E-state index in [0.717, 1.165) is 17.5 Å². The molecule has 10 nitrogen and oxygen atoms in total. The van der Waals surface area contributed by atoms with Gasteiger partial charge < -0.3 is 0 Å². The maximum atomic E-state index is 12.3. The van der Waals surface area contributed by atoms with E-state index in [9.17, 15) is 29.8 Å². The number of anilines is 1. The molecule has 3 rings (SSSR count). The fourth-order valence-corrected chi connectivity index (χ4v) is 2.97. The quantitative estimate of drug-likeness (QED) is 0.260. The zero-order valence-electron chi connectivity index (χ0n) is 15.1. The van der Waals surface area contributed by atoms with Gasteiger partial charge in [0.2, 0.25) is 0 Å². The van der Waals surface area contributed by atoms with Crippen LogP contribution in [-0.2, 0) is 0 Å². The van der Waals surface area contributed by atoms with E-state index in [4.69, 9.17) is 0 Å². The van der Waals surface area contributed by atoms with Crippen molar-refractivity contribution in [1.82, 2.24) is 4.98 Å². The Kier molecular flexibility index (Phi) is 6.03. The van der Waals surface area contributed by atoms with Gasteiger partial charge >= 0.3 is 5.00 Å². The van der Waals surface area contributed by atoms with E-state index >= 15 is 0 Å². The molecular formula is C19H12N4O6S. The molecule has 1 aromatic heterocycles. The number of nitrogens with one attached hydrogen (secondary N) is 1. The number of benzene rings is 2. The van der Waals surface area contributed by atoms with Crippen molar-refractivity contribution in [2.24, 2.45) is 0 Å². The molecule has 150 valence electrons. The highest BCUT2D eigenvalue weighted by atomic mass is 32.1. The molecule has 0 aliphatic heterocycles. The van der Waals surface area contributed by atoms with Crippen LogP contribution in [0.1, 0.15) is 26.3 Å². The number of rotatable bonds is 7. The lowest BCUT2D eigenvalue weighted by molar-refractivity contribution is -0.384. The first kappa shape index (κ1) is 20.5. The van der Waals surface area contributed by atoms with Crippen LogP contribution in [0.5, 0.6) is 0 Å². The van der Waals surface area contributed by atoms with Crippen LogP contribution in [0.15, 0.2) is 60.8 Å². The molecule has 0 aliphatic carbocycles. The lowest BCUT2D eigenvalue weighted by atomic mass is 10.1. The van der Waals surface area contributed by atoms with Gasteiger partial charge in [0.15, 0.2) is 10.9 Å². The number of nitro groups is 2. The number of nitrogens with zero attached hydrogens (tertiary/aromatic N) is 3. The maximum absolute atomic E-state index is 12.3. The molecule has 3 aromatic rings. The largest absolute Gasteiger partial charge is 0.345 e. The second-order valence-electron chi connectivity index (χ2n) is 5.84. The molecule has 0 saturated heterocycles. The standard InChI is InChI=1S/C19H12N4O6S/c24-16(10-3-12-1-8-15(9-2-12)22(26)27)13-4-6-14(7-5-13)18(25)21-19-20-11-17(30-19)23(28)29/h1-11H,(H,20,21,25)/b10-3+. The Morgan fingerprint density at radius 3 is 2.13 bits per heavy atom.